The summed E-state index contributed by atoms with van der Waals surface area (Å²) in [5.74, 6) is 0. The highest BCUT2D eigenvalue weighted by molar-refractivity contribution is 7.91. The number of hydrogen-bond donors (Lipinski definition) is 2. The summed E-state index contributed by atoms with van der Waals surface area (Å²) in [7, 11) is -3.54. The zero-order valence-corrected chi connectivity index (χ0v) is 13.6. The number of nitrogens with one attached hydrogen (secondary N) is 2. The minimum absolute atomic E-state index is 0.0490. The van der Waals surface area contributed by atoms with Crippen LogP contribution in [0, 0.1) is 6.92 Å². The van der Waals surface area contributed by atoms with Crippen molar-refractivity contribution in [3.05, 3.63) is 23.8 Å². The lowest BCUT2D eigenvalue weighted by Gasteiger charge is -2.22. The summed E-state index contributed by atoms with van der Waals surface area (Å²) >= 11 is 1.36. The van der Waals surface area contributed by atoms with Gasteiger partial charge in [-0.3, -0.25) is 0 Å². The molecule has 0 spiro atoms. The van der Waals surface area contributed by atoms with Crippen LogP contribution in [0.15, 0.2) is 18.2 Å². The Kier molecular flexibility index (Phi) is 4.14. The van der Waals surface area contributed by atoms with Crippen molar-refractivity contribution in [1.82, 2.24) is 9.71 Å². The second-order valence-electron chi connectivity index (χ2n) is 5.55. The maximum atomic E-state index is 12.2. The molecule has 5 nitrogen and oxygen atoms in total. The lowest BCUT2D eigenvalue weighted by atomic mass is 9.96. The van der Waals surface area contributed by atoms with Crippen molar-refractivity contribution in [2.24, 2.45) is 0 Å². The predicted molar refractivity (Wildman–Crippen MR) is 86.9 cm³/mol. The zero-order chi connectivity index (χ0) is 14.9. The molecule has 0 aliphatic heterocycles. The molecule has 21 heavy (non-hydrogen) atoms. The van der Waals surface area contributed by atoms with Crippen LogP contribution in [0.4, 0.5) is 5.13 Å². The van der Waals surface area contributed by atoms with Gasteiger partial charge in [0.15, 0.2) is 5.13 Å². The van der Waals surface area contributed by atoms with E-state index in [2.05, 4.69) is 14.4 Å². The molecular formula is C14H19N3O2S2. The van der Waals surface area contributed by atoms with Crippen molar-refractivity contribution < 1.29 is 8.42 Å². The smallest absolute Gasteiger partial charge is 0.246 e. The first kappa shape index (κ1) is 14.7. The molecule has 1 aliphatic rings. The number of nitrogens with zero attached hydrogens (tertiary/aromatic N) is 1. The lowest BCUT2D eigenvalue weighted by Crippen LogP contribution is -2.39. The Morgan fingerprint density at radius 1 is 1.24 bits per heavy atom. The van der Waals surface area contributed by atoms with Gasteiger partial charge in [-0.1, -0.05) is 36.7 Å². The average molecular weight is 325 g/mol. The Morgan fingerprint density at radius 2 is 2.00 bits per heavy atom. The highest BCUT2D eigenvalue weighted by Crippen LogP contribution is 2.27. The number of rotatable bonds is 4. The fraction of sp³-hybridized carbons (Fsp3) is 0.500. The van der Waals surface area contributed by atoms with Crippen molar-refractivity contribution in [3.8, 4) is 0 Å². The van der Waals surface area contributed by atoms with Crippen molar-refractivity contribution >= 4 is 36.9 Å². The summed E-state index contributed by atoms with van der Waals surface area (Å²) in [5.41, 5.74) is 1.96. The van der Waals surface area contributed by atoms with Crippen LogP contribution in [0.3, 0.4) is 0 Å². The fourth-order valence-electron chi connectivity index (χ4n) is 2.66. The highest BCUT2D eigenvalue weighted by atomic mass is 32.2. The van der Waals surface area contributed by atoms with Gasteiger partial charge in [-0.2, -0.15) is 13.1 Å². The normalized spacial score (nSPS) is 17.2. The van der Waals surface area contributed by atoms with E-state index in [1.165, 1.54) is 17.8 Å². The van der Waals surface area contributed by atoms with Gasteiger partial charge in [-0.25, -0.2) is 9.71 Å². The number of benzene rings is 1. The molecule has 1 heterocycles. The maximum absolute atomic E-state index is 12.2. The van der Waals surface area contributed by atoms with E-state index in [9.17, 15) is 8.42 Å². The van der Waals surface area contributed by atoms with Crippen LogP contribution in [-0.4, -0.2) is 19.4 Å². The first-order chi connectivity index (χ1) is 10.0. The van der Waals surface area contributed by atoms with Crippen molar-refractivity contribution in [2.45, 2.75) is 45.1 Å². The van der Waals surface area contributed by atoms with E-state index in [4.69, 9.17) is 0 Å². The third kappa shape index (κ3) is 3.72. The molecule has 2 aromatic rings. The van der Waals surface area contributed by atoms with Gasteiger partial charge in [0.2, 0.25) is 0 Å². The average Bonchev–Trinajstić information content (AvgIpc) is 2.79. The van der Waals surface area contributed by atoms with Gasteiger partial charge in [0.1, 0.15) is 0 Å². The topological polar surface area (TPSA) is 71.1 Å². The van der Waals surface area contributed by atoms with Crippen LogP contribution in [0.5, 0.6) is 0 Å². The third-order valence-corrected chi connectivity index (χ3v) is 5.86. The second-order valence-corrected chi connectivity index (χ2v) is 8.03. The number of fused-ring (bicyclic) bond motifs is 1. The molecule has 114 valence electrons. The van der Waals surface area contributed by atoms with Crippen LogP contribution in [-0.2, 0) is 10.2 Å². The minimum atomic E-state index is -3.54. The van der Waals surface area contributed by atoms with E-state index in [-0.39, 0.29) is 6.04 Å². The Morgan fingerprint density at radius 3 is 2.76 bits per heavy atom. The fourth-order valence-corrected chi connectivity index (χ4v) is 4.98. The molecule has 0 radical (unpaired) electrons. The van der Waals surface area contributed by atoms with Crippen molar-refractivity contribution in [3.63, 3.8) is 0 Å². The monoisotopic (exact) mass is 325 g/mol. The van der Waals surface area contributed by atoms with Gasteiger partial charge in [-0.05, 0) is 37.5 Å². The minimum Gasteiger partial charge on any atom is -0.246 e. The number of anilines is 1. The molecule has 0 bridgehead atoms. The van der Waals surface area contributed by atoms with Gasteiger partial charge in [0, 0.05) is 6.04 Å². The SMILES string of the molecule is Cc1ccc2nc(NS(=O)(=O)NC3CCCCC3)sc2c1. The Hall–Kier alpha value is -1.18. The van der Waals surface area contributed by atoms with Gasteiger partial charge in [-0.15, -0.1) is 0 Å². The molecular weight excluding hydrogens is 306 g/mol. The maximum Gasteiger partial charge on any atom is 0.301 e. The van der Waals surface area contributed by atoms with Gasteiger partial charge < -0.3 is 0 Å². The molecule has 2 N–H and O–H groups in total. The molecule has 1 aromatic heterocycles. The van der Waals surface area contributed by atoms with Gasteiger partial charge in [0.25, 0.3) is 0 Å². The largest absolute Gasteiger partial charge is 0.301 e. The summed E-state index contributed by atoms with van der Waals surface area (Å²) in [6.45, 7) is 2.01. The second kappa shape index (κ2) is 5.90. The molecule has 1 aromatic carbocycles. The van der Waals surface area contributed by atoms with Crippen LogP contribution >= 0.6 is 11.3 Å². The first-order valence-electron chi connectivity index (χ1n) is 7.19. The quantitative estimate of drug-likeness (QED) is 0.907. The highest BCUT2D eigenvalue weighted by Gasteiger charge is 2.21. The molecule has 0 unspecified atom stereocenters. The molecule has 1 fully saturated rings. The molecule has 0 saturated heterocycles. The number of aryl methyl sites for hydroxylation is 1. The van der Waals surface area contributed by atoms with Gasteiger partial charge in [0.05, 0.1) is 10.2 Å². The summed E-state index contributed by atoms with van der Waals surface area (Å²) in [5, 5.41) is 0.416. The molecule has 1 aliphatic carbocycles. The third-order valence-electron chi connectivity index (χ3n) is 3.69. The van der Waals surface area contributed by atoms with Crippen LogP contribution in [0.25, 0.3) is 10.2 Å². The lowest BCUT2D eigenvalue weighted by molar-refractivity contribution is 0.413. The zero-order valence-electron chi connectivity index (χ0n) is 11.9. The molecule has 0 amide bonds. The molecule has 0 atom stereocenters. The first-order valence-corrected chi connectivity index (χ1v) is 9.49. The molecule has 1 saturated carbocycles. The summed E-state index contributed by atoms with van der Waals surface area (Å²) in [6.07, 6.45) is 5.21. The summed E-state index contributed by atoms with van der Waals surface area (Å²) < 4.78 is 30.6. The predicted octanol–water partition coefficient (Wildman–Crippen LogP) is 3.18. The van der Waals surface area contributed by atoms with Crippen LogP contribution in [0.2, 0.25) is 0 Å². The van der Waals surface area contributed by atoms with E-state index in [1.54, 1.807) is 0 Å². The summed E-state index contributed by atoms with van der Waals surface area (Å²) in [4.78, 5) is 4.32. The Bertz CT molecular complexity index is 734. The van der Waals surface area contributed by atoms with Crippen molar-refractivity contribution in [2.75, 3.05) is 4.72 Å². The summed E-state index contributed by atoms with van der Waals surface area (Å²) in [6, 6.07) is 5.95. The number of aromatic nitrogens is 1. The number of thiazole rings is 1. The van der Waals surface area contributed by atoms with Crippen molar-refractivity contribution in [1.29, 1.82) is 0 Å². The van der Waals surface area contributed by atoms with E-state index in [1.807, 2.05) is 25.1 Å². The Balaban J connectivity index is 1.73. The Labute approximate surface area is 129 Å². The van der Waals surface area contributed by atoms with E-state index in [0.717, 1.165) is 41.5 Å². The van der Waals surface area contributed by atoms with Gasteiger partial charge >= 0.3 is 10.2 Å². The van der Waals surface area contributed by atoms with E-state index >= 15 is 0 Å². The van der Waals surface area contributed by atoms with E-state index < -0.39 is 10.2 Å². The molecule has 3 rings (SSSR count). The van der Waals surface area contributed by atoms with Crippen LogP contribution in [0.1, 0.15) is 37.7 Å². The van der Waals surface area contributed by atoms with Crippen LogP contribution < -0.4 is 9.44 Å². The van der Waals surface area contributed by atoms with E-state index in [0.29, 0.717) is 5.13 Å². The number of hydrogen-bond acceptors (Lipinski definition) is 4. The standard InChI is InChI=1S/C14H19N3O2S2/c1-10-7-8-12-13(9-10)20-14(15-12)17-21(18,19)16-11-5-3-2-4-6-11/h7-9,11,16H,2-6H2,1H3,(H,15,17). The molecule has 7 heteroatoms.